The van der Waals surface area contributed by atoms with Crippen LogP contribution in [0, 0.1) is 21.2 Å². The number of hydrogen-bond donors (Lipinski definition) is 0. The molecular weight excluding hydrogens is 380 g/mol. The number of fused-ring (bicyclic) bond motifs is 1. The Labute approximate surface area is 126 Å². The highest BCUT2D eigenvalue weighted by atomic mass is 127. The second-order valence-corrected chi connectivity index (χ2v) is 5.35. The Hall–Kier alpha value is -1.57. The van der Waals surface area contributed by atoms with Crippen LogP contribution in [-0.2, 0) is 6.54 Å². The van der Waals surface area contributed by atoms with Crippen LogP contribution >= 0.6 is 22.6 Å². The SMILES string of the molecule is Fc1cc(F)c2c(c1)c(I)nn2Cc1ccccc1F. The normalized spacial score (nSPS) is 11.2. The molecule has 0 aliphatic carbocycles. The maximum absolute atomic E-state index is 13.9. The van der Waals surface area contributed by atoms with E-state index in [1.807, 2.05) is 22.6 Å². The van der Waals surface area contributed by atoms with Gasteiger partial charge in [-0.3, -0.25) is 4.68 Å². The zero-order chi connectivity index (χ0) is 14.3. The van der Waals surface area contributed by atoms with Crippen LogP contribution in [0.25, 0.3) is 10.9 Å². The van der Waals surface area contributed by atoms with Crippen molar-refractivity contribution in [1.82, 2.24) is 9.78 Å². The summed E-state index contributed by atoms with van der Waals surface area (Å²) in [4.78, 5) is 0. The van der Waals surface area contributed by atoms with E-state index in [-0.39, 0.29) is 17.9 Å². The number of halogens is 4. The summed E-state index contributed by atoms with van der Waals surface area (Å²) < 4.78 is 42.6. The molecule has 0 aliphatic heterocycles. The maximum atomic E-state index is 13.9. The van der Waals surface area contributed by atoms with E-state index in [1.165, 1.54) is 16.8 Å². The second-order valence-electron chi connectivity index (χ2n) is 4.32. The fraction of sp³-hybridized carbons (Fsp3) is 0.0714. The molecule has 20 heavy (non-hydrogen) atoms. The Bertz CT molecular complexity index is 798. The molecule has 1 aromatic heterocycles. The van der Waals surface area contributed by atoms with E-state index in [9.17, 15) is 13.2 Å². The van der Waals surface area contributed by atoms with Crippen LogP contribution in [0.15, 0.2) is 36.4 Å². The van der Waals surface area contributed by atoms with Crippen molar-refractivity contribution in [3.05, 3.63) is 63.1 Å². The number of hydrogen-bond acceptors (Lipinski definition) is 1. The molecule has 0 bridgehead atoms. The summed E-state index contributed by atoms with van der Waals surface area (Å²) in [7, 11) is 0. The van der Waals surface area contributed by atoms with Crippen LogP contribution in [0.5, 0.6) is 0 Å². The molecule has 102 valence electrons. The Balaban J connectivity index is 2.16. The molecule has 0 unspecified atom stereocenters. The fourth-order valence-corrected chi connectivity index (χ4v) is 2.77. The van der Waals surface area contributed by atoms with Gasteiger partial charge in [0.1, 0.15) is 20.9 Å². The molecule has 0 radical (unpaired) electrons. The van der Waals surface area contributed by atoms with Gasteiger partial charge in [-0.2, -0.15) is 5.10 Å². The summed E-state index contributed by atoms with van der Waals surface area (Å²) in [5.41, 5.74) is 0.580. The summed E-state index contributed by atoms with van der Waals surface area (Å²) in [5, 5.41) is 4.55. The highest BCUT2D eigenvalue weighted by Crippen LogP contribution is 2.25. The van der Waals surface area contributed by atoms with E-state index in [1.54, 1.807) is 18.2 Å². The minimum atomic E-state index is -0.702. The van der Waals surface area contributed by atoms with E-state index in [0.717, 1.165) is 6.07 Å². The molecule has 2 nitrogen and oxygen atoms in total. The minimum Gasteiger partial charge on any atom is -0.256 e. The van der Waals surface area contributed by atoms with E-state index in [0.29, 0.717) is 14.7 Å². The number of benzene rings is 2. The van der Waals surface area contributed by atoms with Crippen LogP contribution in [0.2, 0.25) is 0 Å². The first-order valence-electron chi connectivity index (χ1n) is 5.80. The van der Waals surface area contributed by atoms with E-state index >= 15 is 0 Å². The Morgan fingerprint density at radius 2 is 1.80 bits per heavy atom. The predicted octanol–water partition coefficient (Wildman–Crippen LogP) is 4.11. The van der Waals surface area contributed by atoms with Crippen molar-refractivity contribution in [2.24, 2.45) is 0 Å². The standard InChI is InChI=1S/C14H8F3IN2/c15-9-5-10-13(12(17)6-9)20(19-14(10)18)7-8-3-1-2-4-11(8)16/h1-6H,7H2. The summed E-state index contributed by atoms with van der Waals surface area (Å²) in [6.07, 6.45) is 0. The quantitative estimate of drug-likeness (QED) is 0.605. The lowest BCUT2D eigenvalue weighted by molar-refractivity contribution is 0.571. The maximum Gasteiger partial charge on any atom is 0.152 e. The lowest BCUT2D eigenvalue weighted by Gasteiger charge is -2.05. The van der Waals surface area contributed by atoms with Crippen LogP contribution in [0.3, 0.4) is 0 Å². The van der Waals surface area contributed by atoms with Gasteiger partial charge in [-0.25, -0.2) is 13.2 Å². The van der Waals surface area contributed by atoms with Crippen LogP contribution < -0.4 is 0 Å². The molecule has 0 fully saturated rings. The van der Waals surface area contributed by atoms with Crippen LogP contribution in [0.1, 0.15) is 5.56 Å². The summed E-state index contributed by atoms with van der Waals surface area (Å²) in [5.74, 6) is -1.74. The predicted molar refractivity (Wildman–Crippen MR) is 77.9 cm³/mol. The minimum absolute atomic E-state index is 0.0920. The van der Waals surface area contributed by atoms with Gasteiger partial charge in [0.25, 0.3) is 0 Å². The third-order valence-electron chi connectivity index (χ3n) is 3.00. The molecule has 6 heteroatoms. The second kappa shape index (κ2) is 5.08. The molecule has 3 aromatic rings. The summed E-state index contributed by atoms with van der Waals surface area (Å²) >= 11 is 1.90. The Kier molecular flexibility index (Phi) is 3.41. The van der Waals surface area contributed by atoms with Crippen molar-refractivity contribution in [3.8, 4) is 0 Å². The molecule has 0 saturated heterocycles. The van der Waals surface area contributed by atoms with Gasteiger partial charge >= 0.3 is 0 Å². The van der Waals surface area contributed by atoms with Crippen molar-refractivity contribution in [3.63, 3.8) is 0 Å². The highest BCUT2D eigenvalue weighted by Gasteiger charge is 2.15. The third-order valence-corrected chi connectivity index (χ3v) is 3.79. The van der Waals surface area contributed by atoms with Crippen LogP contribution in [-0.4, -0.2) is 9.78 Å². The molecule has 2 aromatic carbocycles. The van der Waals surface area contributed by atoms with Gasteiger partial charge in [-0.15, -0.1) is 0 Å². The molecule has 0 aliphatic rings. The van der Waals surface area contributed by atoms with Gasteiger partial charge in [0.05, 0.1) is 6.54 Å². The van der Waals surface area contributed by atoms with Crippen molar-refractivity contribution >= 4 is 33.5 Å². The smallest absolute Gasteiger partial charge is 0.152 e. The third kappa shape index (κ3) is 2.28. The largest absolute Gasteiger partial charge is 0.256 e. The summed E-state index contributed by atoms with van der Waals surface area (Å²) in [6.45, 7) is 0.0920. The molecule has 3 rings (SSSR count). The monoisotopic (exact) mass is 388 g/mol. The molecule has 0 N–H and O–H groups in total. The van der Waals surface area contributed by atoms with Crippen molar-refractivity contribution in [1.29, 1.82) is 0 Å². The topological polar surface area (TPSA) is 17.8 Å². The van der Waals surface area contributed by atoms with E-state index in [4.69, 9.17) is 0 Å². The molecular formula is C14H8F3IN2. The van der Waals surface area contributed by atoms with Crippen molar-refractivity contribution in [2.45, 2.75) is 6.54 Å². The van der Waals surface area contributed by atoms with Crippen molar-refractivity contribution in [2.75, 3.05) is 0 Å². The highest BCUT2D eigenvalue weighted by molar-refractivity contribution is 14.1. The number of nitrogens with zero attached hydrogens (tertiary/aromatic N) is 2. The lowest BCUT2D eigenvalue weighted by Crippen LogP contribution is -2.05. The van der Waals surface area contributed by atoms with Gasteiger partial charge in [-0.05, 0) is 34.7 Å². The number of rotatable bonds is 2. The average molecular weight is 388 g/mol. The molecule has 0 spiro atoms. The lowest BCUT2D eigenvalue weighted by atomic mass is 10.2. The van der Waals surface area contributed by atoms with Crippen molar-refractivity contribution < 1.29 is 13.2 Å². The first-order valence-corrected chi connectivity index (χ1v) is 6.88. The van der Waals surface area contributed by atoms with Gasteiger partial charge in [-0.1, -0.05) is 18.2 Å². The van der Waals surface area contributed by atoms with Gasteiger partial charge in [0, 0.05) is 17.0 Å². The number of aromatic nitrogens is 2. The zero-order valence-electron chi connectivity index (χ0n) is 10.1. The molecule has 1 heterocycles. The summed E-state index contributed by atoms with van der Waals surface area (Å²) in [6, 6.07) is 8.26. The fourth-order valence-electron chi connectivity index (χ4n) is 2.10. The van der Waals surface area contributed by atoms with E-state index < -0.39 is 11.6 Å². The molecule has 0 atom stereocenters. The van der Waals surface area contributed by atoms with Gasteiger partial charge in [0.15, 0.2) is 5.82 Å². The molecule has 0 amide bonds. The van der Waals surface area contributed by atoms with E-state index in [2.05, 4.69) is 5.10 Å². The van der Waals surface area contributed by atoms with Crippen LogP contribution in [0.4, 0.5) is 13.2 Å². The van der Waals surface area contributed by atoms with Gasteiger partial charge in [0.2, 0.25) is 0 Å². The van der Waals surface area contributed by atoms with Gasteiger partial charge < -0.3 is 0 Å². The Morgan fingerprint density at radius 1 is 1.05 bits per heavy atom. The first kappa shape index (κ1) is 13.4. The zero-order valence-corrected chi connectivity index (χ0v) is 12.2. The Morgan fingerprint density at radius 3 is 2.55 bits per heavy atom. The molecule has 0 saturated carbocycles. The average Bonchev–Trinajstić information content (AvgIpc) is 2.69. The first-order chi connectivity index (χ1) is 9.56.